The van der Waals surface area contributed by atoms with Crippen LogP contribution in [-0.2, 0) is 11.9 Å². The molecule has 0 spiro atoms. The third-order valence-corrected chi connectivity index (χ3v) is 4.14. The van der Waals surface area contributed by atoms with E-state index < -0.39 is 17.3 Å². The number of carbonyl (C=O) groups excluding carboxylic acids is 1. The van der Waals surface area contributed by atoms with E-state index in [4.69, 9.17) is 14.5 Å². The maximum absolute atomic E-state index is 14.3. The molecule has 0 unspecified atom stereocenters. The summed E-state index contributed by atoms with van der Waals surface area (Å²) in [4.78, 5) is 30.3. The summed E-state index contributed by atoms with van der Waals surface area (Å²) in [7, 11) is 1.44. The van der Waals surface area contributed by atoms with E-state index in [1.807, 2.05) is 0 Å². The Morgan fingerprint density at radius 1 is 1.39 bits per heavy atom. The van der Waals surface area contributed by atoms with Gasteiger partial charge >= 0.3 is 0 Å². The van der Waals surface area contributed by atoms with E-state index in [0.717, 1.165) is 0 Å². The number of nitrogens with one attached hydrogen (secondary N) is 2. The number of aryl methyl sites for hydroxylation is 2. The lowest BCUT2D eigenvalue weighted by Crippen LogP contribution is -2.30. The summed E-state index contributed by atoms with van der Waals surface area (Å²) >= 11 is 0. The number of aromatic nitrogens is 2. The summed E-state index contributed by atoms with van der Waals surface area (Å²) < 4.78 is 20.7. The van der Waals surface area contributed by atoms with Crippen LogP contribution in [-0.4, -0.2) is 34.0 Å². The van der Waals surface area contributed by atoms with E-state index in [2.05, 4.69) is 16.0 Å². The number of amides is 1. The predicted octanol–water partition coefficient (Wildman–Crippen LogP) is 1.68. The molecule has 3 rings (SSSR count). The number of rotatable bonds is 6. The third-order valence-electron chi connectivity index (χ3n) is 4.14. The van der Waals surface area contributed by atoms with Gasteiger partial charge < -0.3 is 14.9 Å². The van der Waals surface area contributed by atoms with Gasteiger partial charge in [0, 0.05) is 7.05 Å². The van der Waals surface area contributed by atoms with Crippen molar-refractivity contribution in [3.63, 3.8) is 0 Å². The smallest absolute Gasteiger partial charge is 0.282 e. The molecule has 0 bridgehead atoms. The lowest BCUT2D eigenvalue weighted by atomic mass is 10.1. The summed E-state index contributed by atoms with van der Waals surface area (Å²) in [5, 5.41) is 15.5. The van der Waals surface area contributed by atoms with Crippen molar-refractivity contribution in [3.8, 4) is 0 Å². The summed E-state index contributed by atoms with van der Waals surface area (Å²) in [6.45, 7) is 2.88. The number of nitrogens with zero attached hydrogens (tertiary/aromatic N) is 2. The zero-order valence-corrected chi connectivity index (χ0v) is 15.5. The van der Waals surface area contributed by atoms with Gasteiger partial charge in [0.1, 0.15) is 22.6 Å². The monoisotopic (exact) mass is 390 g/mol. The zero-order chi connectivity index (χ0) is 20.4. The number of halogens is 1. The quantitative estimate of drug-likeness (QED) is 0.433. The molecule has 0 aliphatic rings. The SMILES string of the molecule is Cc1ccc(Nc2c(C(=O)NOCCO)c3onc(C)c3c(=O)n2C)c(F)c1. The van der Waals surface area contributed by atoms with Crippen LogP contribution in [0.3, 0.4) is 0 Å². The number of hydrogen-bond donors (Lipinski definition) is 3. The van der Waals surface area contributed by atoms with Gasteiger partial charge in [0.05, 0.1) is 24.6 Å². The second-order valence-electron chi connectivity index (χ2n) is 6.17. The molecule has 9 nitrogen and oxygen atoms in total. The Labute approximate surface area is 158 Å². The predicted molar refractivity (Wildman–Crippen MR) is 98.9 cm³/mol. The minimum atomic E-state index is -0.750. The van der Waals surface area contributed by atoms with Crippen molar-refractivity contribution < 1.29 is 23.7 Å². The van der Waals surface area contributed by atoms with Crippen LogP contribution in [0.4, 0.5) is 15.9 Å². The Kier molecular flexibility index (Phi) is 5.43. The summed E-state index contributed by atoms with van der Waals surface area (Å²) in [5.41, 5.74) is 2.66. The van der Waals surface area contributed by atoms with Crippen molar-refractivity contribution in [2.75, 3.05) is 18.5 Å². The number of pyridine rings is 1. The number of carbonyl (C=O) groups is 1. The molecule has 0 atom stereocenters. The fraction of sp³-hybridized carbons (Fsp3) is 0.278. The molecule has 0 saturated heterocycles. The van der Waals surface area contributed by atoms with Gasteiger partial charge in [-0.1, -0.05) is 11.2 Å². The maximum atomic E-state index is 14.3. The van der Waals surface area contributed by atoms with Crippen molar-refractivity contribution in [2.24, 2.45) is 7.05 Å². The number of anilines is 2. The van der Waals surface area contributed by atoms with Gasteiger partial charge in [-0.3, -0.25) is 19.0 Å². The van der Waals surface area contributed by atoms with Gasteiger partial charge in [0.25, 0.3) is 11.5 Å². The van der Waals surface area contributed by atoms with E-state index in [1.165, 1.54) is 23.7 Å². The molecule has 3 aromatic rings. The molecule has 0 fully saturated rings. The number of hydrogen-bond acceptors (Lipinski definition) is 7. The van der Waals surface area contributed by atoms with Gasteiger partial charge in [-0.2, -0.15) is 0 Å². The minimum Gasteiger partial charge on any atom is -0.394 e. The van der Waals surface area contributed by atoms with Crippen molar-refractivity contribution in [1.29, 1.82) is 0 Å². The highest BCUT2D eigenvalue weighted by molar-refractivity contribution is 6.09. The number of fused-ring (bicyclic) bond motifs is 1. The van der Waals surface area contributed by atoms with Crippen LogP contribution in [0.15, 0.2) is 27.5 Å². The molecule has 148 valence electrons. The first kappa shape index (κ1) is 19.5. The standard InChI is InChI=1S/C18H19FN4O5/c1-9-4-5-12(11(19)8-9)20-16-14(17(25)22-27-7-6-24)15-13(10(2)21-28-15)18(26)23(16)3/h4-5,8,20,24H,6-7H2,1-3H3,(H,22,25). The summed E-state index contributed by atoms with van der Waals surface area (Å²) in [6, 6.07) is 4.50. The highest BCUT2D eigenvalue weighted by Gasteiger charge is 2.26. The summed E-state index contributed by atoms with van der Waals surface area (Å²) in [5.74, 6) is -1.30. The number of aliphatic hydroxyl groups is 1. The van der Waals surface area contributed by atoms with E-state index in [0.29, 0.717) is 11.3 Å². The van der Waals surface area contributed by atoms with Crippen LogP contribution in [0, 0.1) is 19.7 Å². The molecule has 0 aliphatic carbocycles. The molecule has 2 aromatic heterocycles. The van der Waals surface area contributed by atoms with Crippen LogP contribution < -0.4 is 16.4 Å². The Bertz CT molecular complexity index is 1110. The number of benzene rings is 1. The van der Waals surface area contributed by atoms with Gasteiger partial charge in [-0.15, -0.1) is 0 Å². The van der Waals surface area contributed by atoms with Gasteiger partial charge in [0.15, 0.2) is 5.58 Å². The Balaban J connectivity index is 2.19. The van der Waals surface area contributed by atoms with Crippen molar-refractivity contribution in [2.45, 2.75) is 13.8 Å². The van der Waals surface area contributed by atoms with Crippen molar-refractivity contribution in [1.82, 2.24) is 15.2 Å². The van der Waals surface area contributed by atoms with Crippen LogP contribution >= 0.6 is 0 Å². The molecule has 0 aliphatic heterocycles. The molecule has 0 radical (unpaired) electrons. The zero-order valence-electron chi connectivity index (χ0n) is 15.5. The average molecular weight is 390 g/mol. The second kappa shape index (κ2) is 7.79. The van der Waals surface area contributed by atoms with Crippen LogP contribution in [0.1, 0.15) is 21.6 Å². The van der Waals surface area contributed by atoms with E-state index in [1.54, 1.807) is 19.9 Å². The lowest BCUT2D eigenvalue weighted by molar-refractivity contribution is 0.0169. The van der Waals surface area contributed by atoms with Crippen LogP contribution in [0.5, 0.6) is 0 Å². The minimum absolute atomic E-state index is 0.00139. The van der Waals surface area contributed by atoms with Gasteiger partial charge in [0.2, 0.25) is 0 Å². The largest absolute Gasteiger partial charge is 0.394 e. The Morgan fingerprint density at radius 3 is 2.82 bits per heavy atom. The Hall–Kier alpha value is -3.24. The highest BCUT2D eigenvalue weighted by Crippen LogP contribution is 2.28. The third kappa shape index (κ3) is 3.47. The molecule has 1 amide bonds. The molecule has 2 heterocycles. The first-order valence-electron chi connectivity index (χ1n) is 8.40. The van der Waals surface area contributed by atoms with Crippen LogP contribution in [0.25, 0.3) is 11.0 Å². The fourth-order valence-corrected chi connectivity index (χ4v) is 2.76. The highest BCUT2D eigenvalue weighted by atomic mass is 19.1. The van der Waals surface area contributed by atoms with E-state index >= 15 is 0 Å². The molecule has 1 aromatic carbocycles. The van der Waals surface area contributed by atoms with Crippen molar-refractivity contribution >= 4 is 28.4 Å². The van der Waals surface area contributed by atoms with Crippen LogP contribution in [0.2, 0.25) is 0 Å². The van der Waals surface area contributed by atoms with E-state index in [9.17, 15) is 14.0 Å². The molecule has 0 saturated carbocycles. The number of aliphatic hydroxyl groups excluding tert-OH is 1. The first-order valence-corrected chi connectivity index (χ1v) is 8.40. The maximum Gasteiger partial charge on any atom is 0.282 e. The van der Waals surface area contributed by atoms with Gasteiger partial charge in [-0.25, -0.2) is 9.87 Å². The molecule has 3 N–H and O–H groups in total. The number of hydroxylamine groups is 1. The molecular weight excluding hydrogens is 371 g/mol. The Morgan fingerprint density at radius 2 is 2.14 bits per heavy atom. The fourth-order valence-electron chi connectivity index (χ4n) is 2.76. The van der Waals surface area contributed by atoms with Crippen molar-refractivity contribution in [3.05, 3.63) is 51.2 Å². The summed E-state index contributed by atoms with van der Waals surface area (Å²) in [6.07, 6.45) is 0. The normalized spacial score (nSPS) is 11.0. The molecular formula is C18H19FN4O5. The van der Waals surface area contributed by atoms with E-state index in [-0.39, 0.29) is 41.3 Å². The second-order valence-corrected chi connectivity index (χ2v) is 6.17. The van der Waals surface area contributed by atoms with Gasteiger partial charge in [-0.05, 0) is 31.5 Å². The average Bonchev–Trinajstić information content (AvgIpc) is 3.03. The lowest BCUT2D eigenvalue weighted by Gasteiger charge is -2.16. The topological polar surface area (TPSA) is 119 Å². The first-order chi connectivity index (χ1) is 13.3. The molecule has 10 heteroatoms. The molecule has 28 heavy (non-hydrogen) atoms.